The predicted molar refractivity (Wildman–Crippen MR) is 72.3 cm³/mol. The smallest absolute Gasteiger partial charge is 0.151 e. The molecule has 2 aromatic rings. The standard InChI is InChI=1S/C13H6Cl3FO/c14-8-1-2-11(15)9(4-8)10-5-12(16)7(6-18)3-13(10)17/h1-6H. The fourth-order valence-electron chi connectivity index (χ4n) is 1.56. The van der Waals surface area contributed by atoms with Crippen LogP contribution < -0.4 is 0 Å². The number of benzene rings is 2. The summed E-state index contributed by atoms with van der Waals surface area (Å²) in [6.07, 6.45) is 0.495. The topological polar surface area (TPSA) is 17.1 Å². The average Bonchev–Trinajstić information content (AvgIpc) is 2.35. The lowest BCUT2D eigenvalue weighted by Gasteiger charge is -2.08. The van der Waals surface area contributed by atoms with Gasteiger partial charge < -0.3 is 0 Å². The Bertz CT molecular complexity index is 626. The van der Waals surface area contributed by atoms with Gasteiger partial charge in [-0.2, -0.15) is 0 Å². The highest BCUT2D eigenvalue weighted by molar-refractivity contribution is 6.36. The minimum atomic E-state index is -0.578. The first-order valence-electron chi connectivity index (χ1n) is 4.92. The molecule has 2 rings (SSSR count). The summed E-state index contributed by atoms with van der Waals surface area (Å²) < 4.78 is 13.9. The zero-order valence-electron chi connectivity index (χ0n) is 8.88. The molecule has 5 heteroatoms. The predicted octanol–water partition coefficient (Wildman–Crippen LogP) is 5.27. The minimum Gasteiger partial charge on any atom is -0.298 e. The molecule has 18 heavy (non-hydrogen) atoms. The van der Waals surface area contributed by atoms with Gasteiger partial charge in [-0.1, -0.05) is 34.8 Å². The lowest BCUT2D eigenvalue weighted by atomic mass is 10.0. The molecular formula is C13H6Cl3FO. The van der Waals surface area contributed by atoms with E-state index in [4.69, 9.17) is 34.8 Å². The molecule has 0 radical (unpaired) electrons. The van der Waals surface area contributed by atoms with Crippen molar-refractivity contribution in [3.8, 4) is 11.1 Å². The third-order valence-corrected chi connectivity index (χ3v) is 3.32. The maximum Gasteiger partial charge on any atom is 0.151 e. The van der Waals surface area contributed by atoms with E-state index < -0.39 is 5.82 Å². The molecule has 0 saturated carbocycles. The number of hydrogen-bond acceptors (Lipinski definition) is 1. The van der Waals surface area contributed by atoms with Gasteiger partial charge in [0.1, 0.15) is 5.82 Å². The SMILES string of the molecule is O=Cc1cc(F)c(-c2cc(Cl)ccc2Cl)cc1Cl. The summed E-state index contributed by atoms with van der Waals surface area (Å²) in [7, 11) is 0. The van der Waals surface area contributed by atoms with Crippen LogP contribution in [0.5, 0.6) is 0 Å². The van der Waals surface area contributed by atoms with Gasteiger partial charge in [0.15, 0.2) is 6.29 Å². The highest BCUT2D eigenvalue weighted by Crippen LogP contribution is 2.34. The Kier molecular flexibility index (Phi) is 3.91. The van der Waals surface area contributed by atoms with E-state index in [-0.39, 0.29) is 16.1 Å². The number of rotatable bonds is 2. The molecule has 0 heterocycles. The Hall–Kier alpha value is -1.09. The number of carbonyl (C=O) groups excluding carboxylic acids is 1. The summed E-state index contributed by atoms with van der Waals surface area (Å²) in [5, 5.41) is 0.954. The van der Waals surface area contributed by atoms with Crippen LogP contribution in [0.15, 0.2) is 30.3 Å². The number of aldehydes is 1. The van der Waals surface area contributed by atoms with Crippen molar-refractivity contribution >= 4 is 41.1 Å². The molecule has 2 aromatic carbocycles. The van der Waals surface area contributed by atoms with Crippen molar-refractivity contribution < 1.29 is 9.18 Å². The Balaban J connectivity index is 2.67. The molecule has 0 unspecified atom stereocenters. The van der Waals surface area contributed by atoms with Gasteiger partial charge >= 0.3 is 0 Å². The molecule has 0 spiro atoms. The first-order chi connectivity index (χ1) is 8.52. The van der Waals surface area contributed by atoms with Crippen LogP contribution in [0.2, 0.25) is 15.1 Å². The van der Waals surface area contributed by atoms with Gasteiger partial charge in [0.2, 0.25) is 0 Å². The summed E-state index contributed by atoms with van der Waals surface area (Å²) in [5.41, 5.74) is 0.732. The van der Waals surface area contributed by atoms with Crippen LogP contribution in [0.4, 0.5) is 4.39 Å². The highest BCUT2D eigenvalue weighted by atomic mass is 35.5. The van der Waals surface area contributed by atoms with Crippen LogP contribution in [-0.2, 0) is 0 Å². The zero-order valence-corrected chi connectivity index (χ0v) is 11.2. The second-order valence-corrected chi connectivity index (χ2v) is 4.85. The molecule has 0 amide bonds. The molecule has 0 bridgehead atoms. The van der Waals surface area contributed by atoms with Gasteiger partial charge in [0.25, 0.3) is 0 Å². The average molecular weight is 304 g/mol. The van der Waals surface area contributed by atoms with E-state index in [1.165, 1.54) is 6.07 Å². The van der Waals surface area contributed by atoms with Crippen molar-refractivity contribution in [2.75, 3.05) is 0 Å². The molecule has 92 valence electrons. The normalized spacial score (nSPS) is 10.4. The van der Waals surface area contributed by atoms with Crippen molar-refractivity contribution in [1.29, 1.82) is 0 Å². The molecule has 0 aromatic heterocycles. The Morgan fingerprint density at radius 2 is 1.67 bits per heavy atom. The number of carbonyl (C=O) groups is 1. The molecule has 1 nitrogen and oxygen atoms in total. The third kappa shape index (κ3) is 2.51. The van der Waals surface area contributed by atoms with E-state index >= 15 is 0 Å². The van der Waals surface area contributed by atoms with E-state index in [1.54, 1.807) is 18.2 Å². The van der Waals surface area contributed by atoms with Crippen LogP contribution in [0.25, 0.3) is 11.1 Å². The second kappa shape index (κ2) is 5.27. The quantitative estimate of drug-likeness (QED) is 0.691. The summed E-state index contributed by atoms with van der Waals surface area (Å²) in [5.74, 6) is -0.578. The highest BCUT2D eigenvalue weighted by Gasteiger charge is 2.13. The van der Waals surface area contributed by atoms with Crippen LogP contribution >= 0.6 is 34.8 Å². The van der Waals surface area contributed by atoms with Gasteiger partial charge in [0.05, 0.1) is 5.02 Å². The summed E-state index contributed by atoms with van der Waals surface area (Å²) >= 11 is 17.7. The van der Waals surface area contributed by atoms with Crippen LogP contribution in [0.1, 0.15) is 10.4 Å². The van der Waals surface area contributed by atoms with Gasteiger partial charge in [-0.05, 0) is 30.3 Å². The van der Waals surface area contributed by atoms with Crippen LogP contribution in [0.3, 0.4) is 0 Å². The third-order valence-electron chi connectivity index (χ3n) is 2.43. The maximum atomic E-state index is 13.9. The minimum absolute atomic E-state index is 0.0936. The molecule has 0 aliphatic heterocycles. The lowest BCUT2D eigenvalue weighted by molar-refractivity contribution is 0.112. The Labute approximate surface area is 118 Å². The Morgan fingerprint density at radius 1 is 0.944 bits per heavy atom. The van der Waals surface area contributed by atoms with Gasteiger partial charge in [0, 0.05) is 26.7 Å². The van der Waals surface area contributed by atoms with Crippen molar-refractivity contribution in [3.63, 3.8) is 0 Å². The van der Waals surface area contributed by atoms with Gasteiger partial charge in [-0.25, -0.2) is 4.39 Å². The summed E-state index contributed by atoms with van der Waals surface area (Å²) in [6.45, 7) is 0. The second-order valence-electron chi connectivity index (χ2n) is 3.60. The molecule has 0 saturated heterocycles. The molecule has 0 atom stereocenters. The Morgan fingerprint density at radius 3 is 2.33 bits per heavy atom. The summed E-state index contributed by atoms with van der Waals surface area (Å²) in [6, 6.07) is 7.15. The van der Waals surface area contributed by atoms with E-state index in [0.717, 1.165) is 6.07 Å². The molecular weight excluding hydrogens is 297 g/mol. The van der Waals surface area contributed by atoms with Crippen LogP contribution in [-0.4, -0.2) is 6.29 Å². The monoisotopic (exact) mass is 302 g/mol. The van der Waals surface area contributed by atoms with E-state index in [0.29, 0.717) is 21.9 Å². The van der Waals surface area contributed by atoms with Crippen molar-refractivity contribution in [2.24, 2.45) is 0 Å². The number of halogens is 4. The van der Waals surface area contributed by atoms with Crippen molar-refractivity contribution in [2.45, 2.75) is 0 Å². The lowest BCUT2D eigenvalue weighted by Crippen LogP contribution is -1.91. The van der Waals surface area contributed by atoms with E-state index in [9.17, 15) is 9.18 Å². The number of hydrogen-bond donors (Lipinski definition) is 0. The molecule has 0 aliphatic carbocycles. The first-order valence-corrected chi connectivity index (χ1v) is 6.06. The summed E-state index contributed by atoms with van der Waals surface area (Å²) in [4.78, 5) is 10.7. The van der Waals surface area contributed by atoms with Crippen molar-refractivity contribution in [1.82, 2.24) is 0 Å². The molecule has 0 aliphatic rings. The molecule has 0 fully saturated rings. The van der Waals surface area contributed by atoms with Crippen LogP contribution in [0, 0.1) is 5.82 Å². The first kappa shape index (κ1) is 13.3. The fraction of sp³-hybridized carbons (Fsp3) is 0. The fourth-order valence-corrected chi connectivity index (χ4v) is 2.16. The van der Waals surface area contributed by atoms with Gasteiger partial charge in [-0.15, -0.1) is 0 Å². The zero-order chi connectivity index (χ0) is 13.3. The van der Waals surface area contributed by atoms with Crippen molar-refractivity contribution in [3.05, 3.63) is 56.8 Å². The van der Waals surface area contributed by atoms with Gasteiger partial charge in [-0.3, -0.25) is 4.79 Å². The maximum absolute atomic E-state index is 13.9. The van der Waals surface area contributed by atoms with E-state index in [1.807, 2.05) is 0 Å². The molecule has 0 N–H and O–H groups in total. The largest absolute Gasteiger partial charge is 0.298 e. The van der Waals surface area contributed by atoms with E-state index in [2.05, 4.69) is 0 Å².